The van der Waals surface area contributed by atoms with Gasteiger partial charge < -0.3 is 14.2 Å². The molecule has 6 nitrogen and oxygen atoms in total. The van der Waals surface area contributed by atoms with Crippen LogP contribution in [0.15, 0.2) is 0 Å². The number of rotatable bonds is 61. The lowest BCUT2D eigenvalue weighted by Gasteiger charge is -2.18. The lowest BCUT2D eigenvalue weighted by atomic mass is 9.99. The van der Waals surface area contributed by atoms with Crippen LogP contribution in [0.4, 0.5) is 0 Å². The van der Waals surface area contributed by atoms with E-state index in [0.29, 0.717) is 19.3 Å². The van der Waals surface area contributed by atoms with Crippen molar-refractivity contribution in [2.45, 2.75) is 388 Å². The molecule has 0 heterocycles. The van der Waals surface area contributed by atoms with E-state index in [4.69, 9.17) is 14.2 Å². The predicted octanol–water partition coefficient (Wildman–Crippen LogP) is 22.6. The molecule has 0 saturated carbocycles. The van der Waals surface area contributed by atoms with Gasteiger partial charge >= 0.3 is 17.9 Å². The zero-order valence-corrected chi connectivity index (χ0v) is 51.1. The number of hydrogen-bond acceptors (Lipinski definition) is 6. The number of ether oxygens (including phenoxy) is 3. The van der Waals surface area contributed by atoms with Crippen LogP contribution in [0.25, 0.3) is 0 Å². The van der Waals surface area contributed by atoms with Gasteiger partial charge in [-0.1, -0.05) is 343 Å². The first-order valence-electron chi connectivity index (χ1n) is 33.6. The van der Waals surface area contributed by atoms with E-state index in [9.17, 15) is 14.4 Å². The highest BCUT2D eigenvalue weighted by Gasteiger charge is 2.20. The molecule has 0 fully saturated rings. The third-order valence-electron chi connectivity index (χ3n) is 16.0. The molecule has 74 heavy (non-hydrogen) atoms. The number of carbonyl (C=O) groups excluding carboxylic acids is 3. The van der Waals surface area contributed by atoms with Crippen LogP contribution in [0.2, 0.25) is 0 Å². The van der Waals surface area contributed by atoms with E-state index in [1.54, 1.807) is 0 Å². The maximum atomic E-state index is 12.9. The van der Waals surface area contributed by atoms with Gasteiger partial charge in [0.25, 0.3) is 0 Å². The fourth-order valence-corrected chi connectivity index (χ4v) is 10.6. The van der Waals surface area contributed by atoms with E-state index in [1.807, 2.05) is 0 Å². The quantitative estimate of drug-likeness (QED) is 0.0343. The molecule has 0 rings (SSSR count). The first kappa shape index (κ1) is 72.4. The van der Waals surface area contributed by atoms with Crippen LogP contribution < -0.4 is 0 Å². The number of unbranched alkanes of at least 4 members (excludes halogenated alkanes) is 43. The average Bonchev–Trinajstić information content (AvgIpc) is 3.38. The molecule has 1 unspecified atom stereocenters. The van der Waals surface area contributed by atoms with Crippen LogP contribution >= 0.6 is 0 Å². The van der Waals surface area contributed by atoms with E-state index in [1.165, 1.54) is 263 Å². The van der Waals surface area contributed by atoms with Crippen molar-refractivity contribution in [1.82, 2.24) is 0 Å². The zero-order chi connectivity index (χ0) is 54.1. The lowest BCUT2D eigenvalue weighted by molar-refractivity contribution is -0.167. The molecule has 2 atom stereocenters. The third kappa shape index (κ3) is 59.7. The summed E-state index contributed by atoms with van der Waals surface area (Å²) < 4.78 is 17.0. The molecule has 0 aromatic heterocycles. The van der Waals surface area contributed by atoms with Crippen molar-refractivity contribution in [1.29, 1.82) is 0 Å². The smallest absolute Gasteiger partial charge is 0.306 e. The van der Waals surface area contributed by atoms with E-state index >= 15 is 0 Å². The summed E-state index contributed by atoms with van der Waals surface area (Å²) in [6, 6.07) is 0. The Morgan fingerprint density at radius 3 is 0.703 bits per heavy atom. The second kappa shape index (κ2) is 59.1. The van der Waals surface area contributed by atoms with Gasteiger partial charge in [-0.15, -0.1) is 0 Å². The number of carbonyl (C=O) groups is 3. The Morgan fingerprint density at radius 2 is 0.473 bits per heavy atom. The van der Waals surface area contributed by atoms with E-state index < -0.39 is 6.10 Å². The maximum Gasteiger partial charge on any atom is 0.306 e. The standard InChI is InChI=1S/C68H132O6/c1-7-64(6)56-50-44-38-32-26-20-14-10-8-9-11-15-22-29-35-41-47-53-59-68(71)74-65(61-73-67(70)58-52-46-40-34-28-23-17-19-25-31-37-43-49-55-63(4)5)60-72-66(69)57-51-45-39-33-27-21-16-12-13-18-24-30-36-42-48-54-62(2)3/h62-65H,7-61H2,1-6H3/t64?,65-/m1/s1. The minimum atomic E-state index is -0.765. The minimum Gasteiger partial charge on any atom is -0.462 e. The van der Waals surface area contributed by atoms with Crippen LogP contribution in [0.3, 0.4) is 0 Å². The Labute approximate surface area is 463 Å². The first-order chi connectivity index (χ1) is 36.1. The number of hydrogen-bond donors (Lipinski definition) is 0. The second-order valence-corrected chi connectivity index (χ2v) is 24.7. The Kier molecular flexibility index (Phi) is 57.8. The third-order valence-corrected chi connectivity index (χ3v) is 16.0. The van der Waals surface area contributed by atoms with Gasteiger partial charge in [0, 0.05) is 19.3 Å². The van der Waals surface area contributed by atoms with Gasteiger partial charge in [-0.05, 0) is 37.0 Å². The fraction of sp³-hybridized carbons (Fsp3) is 0.956. The predicted molar refractivity (Wildman–Crippen MR) is 321 cm³/mol. The molecule has 0 radical (unpaired) electrons. The molecule has 0 aromatic carbocycles. The molecule has 0 aliphatic heterocycles. The van der Waals surface area contributed by atoms with Crippen molar-refractivity contribution < 1.29 is 28.6 Å². The molecular formula is C68H132O6. The summed E-state index contributed by atoms with van der Waals surface area (Å²) >= 11 is 0. The summed E-state index contributed by atoms with van der Waals surface area (Å²) in [6.07, 6.45) is 65.3. The summed E-state index contributed by atoms with van der Waals surface area (Å²) in [4.78, 5) is 38.4. The number of esters is 3. The zero-order valence-electron chi connectivity index (χ0n) is 51.1. The highest BCUT2D eigenvalue weighted by Crippen LogP contribution is 2.20. The molecule has 440 valence electrons. The van der Waals surface area contributed by atoms with Gasteiger partial charge in [-0.3, -0.25) is 14.4 Å². The van der Waals surface area contributed by atoms with Gasteiger partial charge in [0.2, 0.25) is 0 Å². The van der Waals surface area contributed by atoms with Crippen molar-refractivity contribution in [2.24, 2.45) is 17.8 Å². The van der Waals surface area contributed by atoms with Crippen LogP contribution in [-0.2, 0) is 28.6 Å². The largest absolute Gasteiger partial charge is 0.462 e. The van der Waals surface area contributed by atoms with Gasteiger partial charge in [0.05, 0.1) is 0 Å². The Morgan fingerprint density at radius 1 is 0.270 bits per heavy atom. The summed E-state index contributed by atoms with van der Waals surface area (Å²) in [7, 11) is 0. The highest BCUT2D eigenvalue weighted by molar-refractivity contribution is 5.71. The Balaban J connectivity index is 4.28. The lowest BCUT2D eigenvalue weighted by Crippen LogP contribution is -2.30. The maximum absolute atomic E-state index is 12.9. The van der Waals surface area contributed by atoms with Crippen LogP contribution in [-0.4, -0.2) is 37.2 Å². The van der Waals surface area contributed by atoms with Crippen molar-refractivity contribution in [3.8, 4) is 0 Å². The normalized spacial score (nSPS) is 12.5. The molecule has 0 bridgehead atoms. The molecular weight excluding hydrogens is 913 g/mol. The topological polar surface area (TPSA) is 78.9 Å². The van der Waals surface area contributed by atoms with Crippen molar-refractivity contribution in [2.75, 3.05) is 13.2 Å². The Hall–Kier alpha value is -1.59. The summed E-state index contributed by atoms with van der Waals surface area (Å²) in [6.45, 7) is 13.9. The summed E-state index contributed by atoms with van der Waals surface area (Å²) in [5, 5.41) is 0. The van der Waals surface area contributed by atoms with Crippen molar-refractivity contribution in [3.63, 3.8) is 0 Å². The SMILES string of the molecule is CCC(C)CCCCCCCCCCCCCCCCCCCCC(=O)O[C@H](COC(=O)CCCCCCCCCCCCCCCCCC(C)C)COC(=O)CCCCCCCCCCCCCCCC(C)C. The molecule has 0 aliphatic rings. The van der Waals surface area contributed by atoms with Gasteiger partial charge in [0.1, 0.15) is 13.2 Å². The molecule has 0 aliphatic carbocycles. The van der Waals surface area contributed by atoms with Crippen LogP contribution in [0.5, 0.6) is 0 Å². The summed E-state index contributed by atoms with van der Waals surface area (Å²) in [5.74, 6) is 1.77. The van der Waals surface area contributed by atoms with E-state index in [-0.39, 0.29) is 31.1 Å². The molecule has 0 saturated heterocycles. The molecule has 0 spiro atoms. The van der Waals surface area contributed by atoms with Crippen molar-refractivity contribution in [3.05, 3.63) is 0 Å². The molecule has 6 heteroatoms. The fourth-order valence-electron chi connectivity index (χ4n) is 10.6. The molecule has 0 amide bonds. The van der Waals surface area contributed by atoms with Gasteiger partial charge in [0.15, 0.2) is 6.10 Å². The monoisotopic (exact) mass is 1050 g/mol. The Bertz CT molecular complexity index is 1150. The average molecular weight is 1050 g/mol. The van der Waals surface area contributed by atoms with Crippen LogP contribution in [0, 0.1) is 17.8 Å². The van der Waals surface area contributed by atoms with E-state index in [0.717, 1.165) is 75.5 Å². The highest BCUT2D eigenvalue weighted by atomic mass is 16.6. The molecule has 0 aromatic rings. The minimum absolute atomic E-state index is 0.0622. The first-order valence-corrected chi connectivity index (χ1v) is 33.6. The summed E-state index contributed by atoms with van der Waals surface area (Å²) in [5.41, 5.74) is 0. The van der Waals surface area contributed by atoms with E-state index in [2.05, 4.69) is 41.5 Å². The molecule has 0 N–H and O–H groups in total. The van der Waals surface area contributed by atoms with Crippen LogP contribution in [0.1, 0.15) is 382 Å². The second-order valence-electron chi connectivity index (χ2n) is 24.7. The van der Waals surface area contributed by atoms with Gasteiger partial charge in [-0.25, -0.2) is 0 Å². The van der Waals surface area contributed by atoms with Gasteiger partial charge in [-0.2, -0.15) is 0 Å². The van der Waals surface area contributed by atoms with Crippen molar-refractivity contribution >= 4 is 17.9 Å².